The monoisotopic (exact) mass is 249 g/mol. The van der Waals surface area contributed by atoms with E-state index in [1.165, 1.54) is 12.1 Å². The largest absolute Gasteiger partial charge is 0.304 e. The first-order chi connectivity index (χ1) is 8.66. The van der Waals surface area contributed by atoms with Crippen molar-refractivity contribution in [3.63, 3.8) is 0 Å². The van der Waals surface area contributed by atoms with Gasteiger partial charge in [0.1, 0.15) is 11.6 Å². The van der Waals surface area contributed by atoms with Gasteiger partial charge in [-0.25, -0.2) is 8.78 Å². The van der Waals surface area contributed by atoms with E-state index < -0.39 is 11.6 Å². The van der Waals surface area contributed by atoms with Crippen LogP contribution in [0.3, 0.4) is 0 Å². The van der Waals surface area contributed by atoms with Gasteiger partial charge in [-0.05, 0) is 25.1 Å². The van der Waals surface area contributed by atoms with Gasteiger partial charge in [-0.15, -0.1) is 0 Å². The standard InChI is InChI=1S/C13H13F2N3/c1-9(12-5-4-10(14)7-13(12)15)16-8-11-3-2-6-17-18-11/h2-7,9,16H,8H2,1H3. The fourth-order valence-corrected chi connectivity index (χ4v) is 1.65. The highest BCUT2D eigenvalue weighted by Gasteiger charge is 2.11. The van der Waals surface area contributed by atoms with Gasteiger partial charge in [0.05, 0.1) is 5.69 Å². The van der Waals surface area contributed by atoms with E-state index in [0.717, 1.165) is 11.8 Å². The molecule has 0 saturated carbocycles. The normalized spacial score (nSPS) is 12.4. The molecule has 1 aromatic carbocycles. The average molecular weight is 249 g/mol. The molecule has 0 fully saturated rings. The van der Waals surface area contributed by atoms with Gasteiger partial charge < -0.3 is 5.32 Å². The van der Waals surface area contributed by atoms with E-state index in [1.54, 1.807) is 12.3 Å². The average Bonchev–Trinajstić information content (AvgIpc) is 2.37. The Kier molecular flexibility index (Phi) is 3.94. The summed E-state index contributed by atoms with van der Waals surface area (Å²) in [7, 11) is 0. The third kappa shape index (κ3) is 3.07. The van der Waals surface area contributed by atoms with Crippen LogP contribution in [0, 0.1) is 11.6 Å². The summed E-state index contributed by atoms with van der Waals surface area (Å²) in [6.07, 6.45) is 1.59. The molecule has 0 radical (unpaired) electrons. The number of aromatic nitrogens is 2. The van der Waals surface area contributed by atoms with Crippen molar-refractivity contribution in [3.8, 4) is 0 Å². The van der Waals surface area contributed by atoms with Crippen molar-refractivity contribution in [2.75, 3.05) is 0 Å². The Bertz CT molecular complexity index is 517. The fourth-order valence-electron chi connectivity index (χ4n) is 1.65. The molecule has 0 spiro atoms. The van der Waals surface area contributed by atoms with Crippen molar-refractivity contribution >= 4 is 0 Å². The molecule has 5 heteroatoms. The van der Waals surface area contributed by atoms with Crippen molar-refractivity contribution in [2.45, 2.75) is 19.5 Å². The molecule has 0 aliphatic rings. The number of halogens is 2. The first kappa shape index (κ1) is 12.6. The predicted molar refractivity (Wildman–Crippen MR) is 63.6 cm³/mol. The van der Waals surface area contributed by atoms with Crippen LogP contribution in [0.5, 0.6) is 0 Å². The smallest absolute Gasteiger partial charge is 0.130 e. The van der Waals surface area contributed by atoms with Crippen LogP contribution in [0.4, 0.5) is 8.78 Å². The molecule has 0 aliphatic heterocycles. The number of nitrogens with zero attached hydrogens (tertiary/aromatic N) is 2. The Morgan fingerprint density at radius 2 is 2.11 bits per heavy atom. The molecule has 3 nitrogen and oxygen atoms in total. The molecule has 0 saturated heterocycles. The van der Waals surface area contributed by atoms with Crippen LogP contribution in [0.1, 0.15) is 24.2 Å². The first-order valence-corrected chi connectivity index (χ1v) is 5.61. The number of benzene rings is 1. The lowest BCUT2D eigenvalue weighted by atomic mass is 10.1. The Balaban J connectivity index is 2.01. The Morgan fingerprint density at radius 3 is 2.78 bits per heavy atom. The summed E-state index contributed by atoms with van der Waals surface area (Å²) in [5.74, 6) is -1.12. The maximum absolute atomic E-state index is 13.5. The van der Waals surface area contributed by atoms with Crippen LogP contribution in [0.25, 0.3) is 0 Å². The van der Waals surface area contributed by atoms with Crippen molar-refractivity contribution in [1.29, 1.82) is 0 Å². The SMILES string of the molecule is CC(NCc1cccnn1)c1ccc(F)cc1F. The molecule has 1 unspecified atom stereocenters. The minimum atomic E-state index is -0.572. The van der Waals surface area contributed by atoms with Gasteiger partial charge in [0, 0.05) is 30.4 Å². The topological polar surface area (TPSA) is 37.8 Å². The highest BCUT2D eigenvalue weighted by atomic mass is 19.1. The van der Waals surface area contributed by atoms with E-state index in [1.807, 2.05) is 13.0 Å². The van der Waals surface area contributed by atoms with E-state index >= 15 is 0 Å². The zero-order valence-corrected chi connectivity index (χ0v) is 9.90. The second kappa shape index (κ2) is 5.64. The van der Waals surface area contributed by atoms with Gasteiger partial charge in [-0.2, -0.15) is 10.2 Å². The highest BCUT2D eigenvalue weighted by molar-refractivity contribution is 5.21. The predicted octanol–water partition coefficient (Wildman–Crippen LogP) is 2.61. The molecule has 2 rings (SSSR count). The van der Waals surface area contributed by atoms with Crippen molar-refractivity contribution in [3.05, 3.63) is 59.4 Å². The summed E-state index contributed by atoms with van der Waals surface area (Å²) in [5.41, 5.74) is 1.20. The number of rotatable bonds is 4. The van der Waals surface area contributed by atoms with E-state index in [2.05, 4.69) is 15.5 Å². The van der Waals surface area contributed by atoms with Gasteiger partial charge in [0.25, 0.3) is 0 Å². The fraction of sp³-hybridized carbons (Fsp3) is 0.231. The lowest BCUT2D eigenvalue weighted by molar-refractivity contribution is 0.513. The van der Waals surface area contributed by atoms with E-state index in [4.69, 9.17) is 0 Å². The highest BCUT2D eigenvalue weighted by Crippen LogP contribution is 2.17. The number of hydrogen-bond acceptors (Lipinski definition) is 3. The van der Waals surface area contributed by atoms with Gasteiger partial charge in [-0.3, -0.25) is 0 Å². The summed E-state index contributed by atoms with van der Waals surface area (Å²) in [6.45, 7) is 2.29. The van der Waals surface area contributed by atoms with Crippen molar-refractivity contribution in [2.24, 2.45) is 0 Å². The lowest BCUT2D eigenvalue weighted by Crippen LogP contribution is -2.20. The third-order valence-corrected chi connectivity index (χ3v) is 2.65. The third-order valence-electron chi connectivity index (χ3n) is 2.65. The van der Waals surface area contributed by atoms with E-state index in [9.17, 15) is 8.78 Å². The molecule has 94 valence electrons. The van der Waals surface area contributed by atoms with Crippen LogP contribution >= 0.6 is 0 Å². The summed E-state index contributed by atoms with van der Waals surface area (Å²) in [5, 5.41) is 10.8. The minimum absolute atomic E-state index is 0.229. The maximum atomic E-state index is 13.5. The second-order valence-corrected chi connectivity index (χ2v) is 3.98. The van der Waals surface area contributed by atoms with Crippen LogP contribution < -0.4 is 5.32 Å². The first-order valence-electron chi connectivity index (χ1n) is 5.61. The van der Waals surface area contributed by atoms with E-state index in [-0.39, 0.29) is 6.04 Å². The van der Waals surface area contributed by atoms with Gasteiger partial charge >= 0.3 is 0 Å². The van der Waals surface area contributed by atoms with Gasteiger partial charge in [0.2, 0.25) is 0 Å². The minimum Gasteiger partial charge on any atom is -0.304 e. The van der Waals surface area contributed by atoms with Gasteiger partial charge in [0.15, 0.2) is 0 Å². The molecule has 2 aromatic rings. The lowest BCUT2D eigenvalue weighted by Gasteiger charge is -2.14. The second-order valence-electron chi connectivity index (χ2n) is 3.98. The zero-order valence-electron chi connectivity index (χ0n) is 9.90. The number of hydrogen-bond donors (Lipinski definition) is 1. The molecular weight excluding hydrogens is 236 g/mol. The number of nitrogens with one attached hydrogen (secondary N) is 1. The molecule has 0 aliphatic carbocycles. The molecular formula is C13H13F2N3. The Labute approximate surface area is 104 Å². The zero-order chi connectivity index (χ0) is 13.0. The quantitative estimate of drug-likeness (QED) is 0.905. The Morgan fingerprint density at radius 1 is 1.28 bits per heavy atom. The molecule has 0 bridgehead atoms. The van der Waals surface area contributed by atoms with Crippen LogP contribution in [0.2, 0.25) is 0 Å². The molecule has 0 amide bonds. The Hall–Kier alpha value is -1.88. The molecule has 1 atom stereocenters. The molecule has 18 heavy (non-hydrogen) atoms. The summed E-state index contributed by atoms with van der Waals surface area (Å²) >= 11 is 0. The summed E-state index contributed by atoms with van der Waals surface area (Å²) < 4.78 is 26.3. The van der Waals surface area contributed by atoms with Crippen molar-refractivity contribution < 1.29 is 8.78 Å². The molecule has 1 heterocycles. The molecule has 1 aromatic heterocycles. The summed E-state index contributed by atoms with van der Waals surface area (Å²) in [6, 6.07) is 6.96. The van der Waals surface area contributed by atoms with Crippen LogP contribution in [0.15, 0.2) is 36.5 Å². The summed E-state index contributed by atoms with van der Waals surface area (Å²) in [4.78, 5) is 0. The molecule has 1 N–H and O–H groups in total. The van der Waals surface area contributed by atoms with Gasteiger partial charge in [-0.1, -0.05) is 6.07 Å². The van der Waals surface area contributed by atoms with Crippen LogP contribution in [-0.2, 0) is 6.54 Å². The van der Waals surface area contributed by atoms with Crippen LogP contribution in [-0.4, -0.2) is 10.2 Å². The maximum Gasteiger partial charge on any atom is 0.130 e. The van der Waals surface area contributed by atoms with E-state index in [0.29, 0.717) is 12.1 Å². The van der Waals surface area contributed by atoms with Crippen molar-refractivity contribution in [1.82, 2.24) is 15.5 Å².